The summed E-state index contributed by atoms with van der Waals surface area (Å²) in [7, 11) is 0. The maximum absolute atomic E-state index is 5.95. The van der Waals surface area contributed by atoms with Gasteiger partial charge in [0.15, 0.2) is 0 Å². The van der Waals surface area contributed by atoms with Crippen LogP contribution < -0.4 is 0 Å². The number of hydrogen-bond acceptors (Lipinski definition) is 2. The lowest BCUT2D eigenvalue weighted by Crippen LogP contribution is -1.75. The summed E-state index contributed by atoms with van der Waals surface area (Å²) in [5.41, 5.74) is 0. The minimum atomic E-state index is 0.688. The molecule has 0 nitrogen and oxygen atoms in total. The normalized spacial score (nSPS) is 10.2. The van der Waals surface area contributed by atoms with Crippen molar-refractivity contribution in [3.05, 3.63) is 28.2 Å². The van der Waals surface area contributed by atoms with E-state index in [1.165, 1.54) is 0 Å². The van der Waals surface area contributed by atoms with Crippen LogP contribution in [0.3, 0.4) is 0 Å². The molecule has 0 aliphatic carbocycles. The van der Waals surface area contributed by atoms with E-state index in [4.69, 9.17) is 23.2 Å². The Bertz CT molecular complexity index is 263. The van der Waals surface area contributed by atoms with Crippen LogP contribution >= 0.6 is 46.7 Å². The first kappa shape index (κ1) is 10.6. The van der Waals surface area contributed by atoms with E-state index in [1.807, 2.05) is 12.1 Å². The van der Waals surface area contributed by atoms with E-state index >= 15 is 0 Å². The minimum Gasteiger partial charge on any atom is -0.154 e. The van der Waals surface area contributed by atoms with Crippen molar-refractivity contribution in [3.63, 3.8) is 0 Å². The fraction of sp³-hybridized carbons (Fsp3) is 0.250. The molecule has 0 amide bonds. The lowest BCUT2D eigenvalue weighted by atomic mass is 10.4. The molecule has 0 heterocycles. The van der Waals surface area contributed by atoms with Crippen molar-refractivity contribution in [2.24, 2.45) is 0 Å². The van der Waals surface area contributed by atoms with Gasteiger partial charge in [0.05, 0.1) is 5.02 Å². The van der Waals surface area contributed by atoms with Crippen molar-refractivity contribution in [3.8, 4) is 0 Å². The Morgan fingerprint density at radius 3 is 2.67 bits per heavy atom. The van der Waals surface area contributed by atoms with Crippen LogP contribution in [0.2, 0.25) is 10.0 Å². The highest BCUT2D eigenvalue weighted by atomic mass is 35.5. The molecule has 0 bridgehead atoms. The summed E-state index contributed by atoms with van der Waals surface area (Å²) in [5.74, 6) is 0. The molecule has 0 saturated heterocycles. The van der Waals surface area contributed by atoms with E-state index in [1.54, 1.807) is 29.6 Å². The molecule has 0 radical (unpaired) electrons. The Kier molecular flexibility index (Phi) is 4.65. The maximum atomic E-state index is 5.95. The topological polar surface area (TPSA) is 0 Å². The molecule has 0 spiro atoms. The second-order valence-electron chi connectivity index (χ2n) is 2.13. The molecule has 1 rings (SSSR count). The first-order chi connectivity index (χ1) is 5.74. The summed E-state index contributed by atoms with van der Waals surface area (Å²) in [4.78, 5) is 1.09. The average Bonchev–Trinajstić information content (AvgIpc) is 2.03. The Hall–Kier alpha value is 0.500. The second kappa shape index (κ2) is 5.28. The monoisotopic (exact) mass is 238 g/mol. The van der Waals surface area contributed by atoms with Crippen molar-refractivity contribution in [1.82, 2.24) is 0 Å². The lowest BCUT2D eigenvalue weighted by molar-refractivity contribution is 1.47. The van der Waals surface area contributed by atoms with Crippen molar-refractivity contribution in [2.45, 2.75) is 4.90 Å². The molecule has 0 aromatic heterocycles. The molecule has 0 unspecified atom stereocenters. The van der Waals surface area contributed by atoms with Gasteiger partial charge >= 0.3 is 0 Å². The molecule has 0 N–H and O–H groups in total. The molecular formula is C8H8Cl2S2. The Labute approximate surface area is 91.0 Å². The predicted molar refractivity (Wildman–Crippen MR) is 60.7 cm³/mol. The van der Waals surface area contributed by atoms with Gasteiger partial charge in [-0.15, -0.1) is 11.8 Å². The molecule has 4 heteroatoms. The lowest BCUT2D eigenvalue weighted by Gasteiger charge is -2.02. The quantitative estimate of drug-likeness (QED) is 0.566. The Morgan fingerprint density at radius 2 is 2.08 bits per heavy atom. The highest BCUT2D eigenvalue weighted by Crippen LogP contribution is 2.30. The molecule has 0 aliphatic rings. The molecule has 1 aromatic rings. The summed E-state index contributed by atoms with van der Waals surface area (Å²) in [6, 6.07) is 5.58. The van der Waals surface area contributed by atoms with Gasteiger partial charge in [0.2, 0.25) is 0 Å². The van der Waals surface area contributed by atoms with Gasteiger partial charge in [-0.05, 0) is 24.5 Å². The molecule has 66 valence electrons. The zero-order valence-electron chi connectivity index (χ0n) is 6.51. The standard InChI is InChI=1S/C8H8Cl2S2/c1-11-5-12-8-3-2-6(9)4-7(8)10/h2-4H,5H2,1H3. The van der Waals surface area contributed by atoms with Crippen LogP contribution in [0.4, 0.5) is 0 Å². The van der Waals surface area contributed by atoms with Gasteiger partial charge in [-0.3, -0.25) is 0 Å². The molecule has 0 atom stereocenters. The maximum Gasteiger partial charge on any atom is 0.0556 e. The molecule has 1 aromatic carbocycles. The van der Waals surface area contributed by atoms with E-state index in [-0.39, 0.29) is 0 Å². The van der Waals surface area contributed by atoms with Crippen LogP contribution in [0.5, 0.6) is 0 Å². The highest BCUT2D eigenvalue weighted by Gasteiger charge is 2.00. The average molecular weight is 239 g/mol. The Morgan fingerprint density at radius 1 is 1.33 bits per heavy atom. The fourth-order valence-corrected chi connectivity index (χ4v) is 2.63. The van der Waals surface area contributed by atoms with Gasteiger partial charge < -0.3 is 0 Å². The Balaban J connectivity index is 2.72. The summed E-state index contributed by atoms with van der Waals surface area (Å²) in [6.45, 7) is 0. The highest BCUT2D eigenvalue weighted by molar-refractivity contribution is 8.15. The molecule has 0 saturated carbocycles. The van der Waals surface area contributed by atoms with Crippen LogP contribution in [0, 0.1) is 0 Å². The summed E-state index contributed by atoms with van der Waals surface area (Å²) < 4.78 is 0. The predicted octanol–water partition coefficient (Wildman–Crippen LogP) is 4.41. The van der Waals surface area contributed by atoms with Crippen LogP contribution in [0.15, 0.2) is 23.1 Å². The smallest absolute Gasteiger partial charge is 0.0556 e. The van der Waals surface area contributed by atoms with Gasteiger partial charge in [0, 0.05) is 15.0 Å². The zero-order chi connectivity index (χ0) is 8.97. The van der Waals surface area contributed by atoms with Crippen LogP contribution in [-0.2, 0) is 0 Å². The largest absolute Gasteiger partial charge is 0.154 e. The van der Waals surface area contributed by atoms with E-state index in [0.717, 1.165) is 15.0 Å². The number of thioether (sulfide) groups is 2. The van der Waals surface area contributed by atoms with Gasteiger partial charge in [0.1, 0.15) is 0 Å². The zero-order valence-corrected chi connectivity index (χ0v) is 9.66. The van der Waals surface area contributed by atoms with Crippen LogP contribution in [0.25, 0.3) is 0 Å². The fourth-order valence-electron chi connectivity index (χ4n) is 0.715. The van der Waals surface area contributed by atoms with Crippen molar-refractivity contribution in [2.75, 3.05) is 11.3 Å². The molecule has 0 aliphatic heterocycles. The number of rotatable bonds is 3. The van der Waals surface area contributed by atoms with E-state index in [9.17, 15) is 0 Å². The first-order valence-electron chi connectivity index (χ1n) is 3.31. The van der Waals surface area contributed by atoms with Gasteiger partial charge in [-0.25, -0.2) is 0 Å². The summed E-state index contributed by atoms with van der Waals surface area (Å²) in [6.07, 6.45) is 2.07. The van der Waals surface area contributed by atoms with Crippen molar-refractivity contribution in [1.29, 1.82) is 0 Å². The van der Waals surface area contributed by atoms with Crippen LogP contribution in [0.1, 0.15) is 0 Å². The van der Waals surface area contributed by atoms with E-state index < -0.39 is 0 Å². The van der Waals surface area contributed by atoms with Crippen LogP contribution in [-0.4, -0.2) is 11.3 Å². The molecular weight excluding hydrogens is 231 g/mol. The number of hydrogen-bond donors (Lipinski definition) is 0. The van der Waals surface area contributed by atoms with Crippen molar-refractivity contribution >= 4 is 46.7 Å². The third-order valence-electron chi connectivity index (χ3n) is 1.23. The van der Waals surface area contributed by atoms with E-state index in [0.29, 0.717) is 5.02 Å². The molecule has 0 fully saturated rings. The van der Waals surface area contributed by atoms with Gasteiger partial charge in [-0.1, -0.05) is 23.2 Å². The summed E-state index contributed by atoms with van der Waals surface area (Å²) in [5, 5.41) is 2.44. The van der Waals surface area contributed by atoms with E-state index in [2.05, 4.69) is 6.26 Å². The minimum absolute atomic E-state index is 0.688. The third-order valence-corrected chi connectivity index (χ3v) is 3.97. The first-order valence-corrected chi connectivity index (χ1v) is 6.44. The molecule has 12 heavy (non-hydrogen) atoms. The number of benzene rings is 1. The van der Waals surface area contributed by atoms with Crippen molar-refractivity contribution < 1.29 is 0 Å². The second-order valence-corrected chi connectivity index (χ2v) is 5.22. The van der Waals surface area contributed by atoms with Gasteiger partial charge in [-0.2, -0.15) is 11.8 Å². The SMILES string of the molecule is CSCSc1ccc(Cl)cc1Cl. The third kappa shape index (κ3) is 3.09. The summed E-state index contributed by atoms with van der Waals surface area (Å²) >= 11 is 15.2. The number of halogens is 2. The van der Waals surface area contributed by atoms with Gasteiger partial charge in [0.25, 0.3) is 0 Å².